The first-order valence-corrected chi connectivity index (χ1v) is 8.85. The lowest BCUT2D eigenvalue weighted by Crippen LogP contribution is -2.30. The number of amides is 2. The van der Waals surface area contributed by atoms with Crippen molar-refractivity contribution in [3.8, 4) is 0 Å². The number of benzene rings is 1. The predicted molar refractivity (Wildman–Crippen MR) is 95.7 cm³/mol. The molecule has 25 heavy (non-hydrogen) atoms. The zero-order valence-corrected chi connectivity index (χ0v) is 14.4. The molecule has 2 aliphatic rings. The van der Waals surface area contributed by atoms with Crippen molar-refractivity contribution >= 4 is 23.2 Å². The van der Waals surface area contributed by atoms with Crippen molar-refractivity contribution in [3.05, 3.63) is 47.9 Å². The van der Waals surface area contributed by atoms with Crippen LogP contribution in [0.25, 0.3) is 0 Å². The number of furan rings is 1. The second-order valence-electron chi connectivity index (χ2n) is 7.28. The van der Waals surface area contributed by atoms with Crippen LogP contribution in [-0.4, -0.2) is 18.4 Å². The van der Waals surface area contributed by atoms with Crippen LogP contribution >= 0.6 is 0 Å². The van der Waals surface area contributed by atoms with Gasteiger partial charge in [-0.15, -0.1) is 0 Å². The lowest BCUT2D eigenvalue weighted by Gasteiger charge is -2.22. The lowest BCUT2D eigenvalue weighted by molar-refractivity contribution is -0.124. The molecule has 130 valence electrons. The quantitative estimate of drug-likeness (QED) is 0.920. The molecular weight excluding hydrogens is 316 g/mol. The summed E-state index contributed by atoms with van der Waals surface area (Å²) in [6.45, 7) is 2.70. The average Bonchev–Trinajstić information content (AvgIpc) is 3.35. The fourth-order valence-electron chi connectivity index (χ4n) is 3.90. The van der Waals surface area contributed by atoms with Gasteiger partial charge < -0.3 is 14.6 Å². The highest BCUT2D eigenvalue weighted by Gasteiger charge is 2.36. The molecule has 4 rings (SSSR count). The third-order valence-corrected chi connectivity index (χ3v) is 5.50. The minimum absolute atomic E-state index is 0.0530. The third kappa shape index (κ3) is 2.84. The molecule has 5 nitrogen and oxygen atoms in total. The molecule has 0 bridgehead atoms. The van der Waals surface area contributed by atoms with Crippen LogP contribution in [-0.2, 0) is 11.2 Å². The van der Waals surface area contributed by atoms with Crippen molar-refractivity contribution in [2.75, 3.05) is 16.8 Å². The zero-order valence-electron chi connectivity index (χ0n) is 14.4. The van der Waals surface area contributed by atoms with Gasteiger partial charge in [-0.25, -0.2) is 0 Å². The van der Waals surface area contributed by atoms with E-state index in [-0.39, 0.29) is 17.2 Å². The Balaban J connectivity index is 1.52. The molecule has 2 amide bonds. The Bertz CT molecular complexity index is 804. The van der Waals surface area contributed by atoms with E-state index >= 15 is 0 Å². The van der Waals surface area contributed by atoms with Crippen LogP contribution < -0.4 is 10.2 Å². The maximum Gasteiger partial charge on any atom is 0.261 e. The summed E-state index contributed by atoms with van der Waals surface area (Å²) in [4.78, 5) is 26.9. The van der Waals surface area contributed by atoms with Gasteiger partial charge >= 0.3 is 0 Å². The Morgan fingerprint density at radius 2 is 2.00 bits per heavy atom. The van der Waals surface area contributed by atoms with Crippen LogP contribution in [0.5, 0.6) is 0 Å². The van der Waals surface area contributed by atoms with Gasteiger partial charge in [-0.2, -0.15) is 0 Å². The van der Waals surface area contributed by atoms with E-state index in [4.69, 9.17) is 4.42 Å². The summed E-state index contributed by atoms with van der Waals surface area (Å²) in [5.74, 6) is 0.0528. The molecule has 0 unspecified atom stereocenters. The predicted octanol–water partition coefficient (Wildman–Crippen LogP) is 4.00. The average molecular weight is 338 g/mol. The van der Waals surface area contributed by atoms with Gasteiger partial charge in [0.1, 0.15) is 6.26 Å². The molecule has 1 fully saturated rings. The highest BCUT2D eigenvalue weighted by molar-refractivity contribution is 6.07. The number of hydrogen-bond acceptors (Lipinski definition) is 3. The number of hydrogen-bond donors (Lipinski definition) is 1. The monoisotopic (exact) mass is 338 g/mol. The molecule has 2 heterocycles. The van der Waals surface area contributed by atoms with E-state index < -0.39 is 0 Å². The molecule has 5 heteroatoms. The molecule has 0 atom stereocenters. The van der Waals surface area contributed by atoms with E-state index in [1.54, 1.807) is 11.0 Å². The van der Waals surface area contributed by atoms with E-state index in [0.29, 0.717) is 12.1 Å². The molecule has 0 spiro atoms. The Hall–Kier alpha value is -2.56. The number of nitrogens with one attached hydrogen (secondary N) is 1. The number of rotatable bonds is 3. The first-order chi connectivity index (χ1) is 12.1. The molecular formula is C20H22N2O3. The first-order valence-electron chi connectivity index (χ1n) is 8.85. The molecule has 1 saturated carbocycles. The number of carbonyl (C=O) groups excluding carboxylic acids is 2. The fourth-order valence-corrected chi connectivity index (χ4v) is 3.90. The minimum atomic E-state index is -0.248. The van der Waals surface area contributed by atoms with Crippen LogP contribution in [0.1, 0.15) is 48.5 Å². The molecule has 1 aromatic heterocycles. The smallest absolute Gasteiger partial charge is 0.261 e. The molecule has 2 aromatic rings. The highest BCUT2D eigenvalue weighted by Crippen LogP contribution is 2.39. The van der Waals surface area contributed by atoms with Gasteiger partial charge in [0.25, 0.3) is 5.91 Å². The summed E-state index contributed by atoms with van der Waals surface area (Å²) in [6.07, 6.45) is 7.93. The standard InChI is InChI=1S/C20H22N2O3/c1-20(8-2-3-9-20)19(24)21-16-4-5-17-14(12-16)6-10-22(17)18(23)15-7-11-25-13-15/h4-5,7,11-13H,2-3,6,8-10H2,1H3,(H,21,24). The van der Waals surface area contributed by atoms with Gasteiger partial charge in [0.2, 0.25) is 5.91 Å². The van der Waals surface area contributed by atoms with E-state index in [1.807, 2.05) is 25.1 Å². The van der Waals surface area contributed by atoms with Gasteiger partial charge in [0.15, 0.2) is 0 Å². The van der Waals surface area contributed by atoms with Gasteiger partial charge in [-0.1, -0.05) is 19.8 Å². The molecule has 1 aliphatic carbocycles. The van der Waals surface area contributed by atoms with E-state index in [1.165, 1.54) is 12.5 Å². The van der Waals surface area contributed by atoms with Crippen LogP contribution in [0, 0.1) is 5.41 Å². The maximum atomic E-state index is 12.6. The fraction of sp³-hybridized carbons (Fsp3) is 0.400. The van der Waals surface area contributed by atoms with Gasteiger partial charge in [0.05, 0.1) is 11.8 Å². The summed E-state index contributed by atoms with van der Waals surface area (Å²) in [5.41, 5.74) is 3.12. The molecule has 1 N–H and O–H groups in total. The number of anilines is 2. The van der Waals surface area contributed by atoms with Crippen LogP contribution in [0.3, 0.4) is 0 Å². The number of fused-ring (bicyclic) bond motifs is 1. The summed E-state index contributed by atoms with van der Waals surface area (Å²) in [6, 6.07) is 7.48. The summed E-state index contributed by atoms with van der Waals surface area (Å²) < 4.78 is 5.01. The first kappa shape index (κ1) is 15.9. The second kappa shape index (κ2) is 6.06. The Kier molecular flexibility index (Phi) is 3.86. The Labute approximate surface area is 147 Å². The molecule has 0 radical (unpaired) electrons. The maximum absolute atomic E-state index is 12.6. The van der Waals surface area contributed by atoms with E-state index in [2.05, 4.69) is 5.32 Å². The summed E-state index contributed by atoms with van der Waals surface area (Å²) in [7, 11) is 0. The van der Waals surface area contributed by atoms with E-state index in [9.17, 15) is 9.59 Å². The molecule has 0 saturated heterocycles. The van der Waals surface area contributed by atoms with Crippen LogP contribution in [0.15, 0.2) is 41.2 Å². The Morgan fingerprint density at radius 1 is 1.20 bits per heavy atom. The highest BCUT2D eigenvalue weighted by atomic mass is 16.3. The summed E-state index contributed by atoms with van der Waals surface area (Å²) >= 11 is 0. The van der Waals surface area contributed by atoms with Gasteiger partial charge in [0, 0.05) is 23.3 Å². The van der Waals surface area contributed by atoms with Crippen molar-refractivity contribution < 1.29 is 14.0 Å². The second-order valence-corrected chi connectivity index (χ2v) is 7.28. The number of carbonyl (C=O) groups is 2. The topological polar surface area (TPSA) is 62.6 Å². The largest absolute Gasteiger partial charge is 0.472 e. The minimum Gasteiger partial charge on any atom is -0.472 e. The van der Waals surface area contributed by atoms with Crippen LogP contribution in [0.2, 0.25) is 0 Å². The molecule has 1 aliphatic heterocycles. The summed E-state index contributed by atoms with van der Waals surface area (Å²) in [5, 5.41) is 3.07. The Morgan fingerprint density at radius 3 is 2.72 bits per heavy atom. The van der Waals surface area contributed by atoms with Crippen molar-refractivity contribution in [2.45, 2.75) is 39.0 Å². The van der Waals surface area contributed by atoms with Gasteiger partial charge in [-0.05, 0) is 49.1 Å². The SMILES string of the molecule is CC1(C(=O)Nc2ccc3c(c2)CCN3C(=O)c2ccoc2)CCCC1. The van der Waals surface area contributed by atoms with Crippen LogP contribution in [0.4, 0.5) is 11.4 Å². The molecule has 1 aromatic carbocycles. The van der Waals surface area contributed by atoms with Crippen molar-refractivity contribution in [3.63, 3.8) is 0 Å². The normalized spacial score (nSPS) is 18.2. The lowest BCUT2D eigenvalue weighted by atomic mass is 9.88. The van der Waals surface area contributed by atoms with Crippen molar-refractivity contribution in [1.29, 1.82) is 0 Å². The number of nitrogens with zero attached hydrogens (tertiary/aromatic N) is 1. The van der Waals surface area contributed by atoms with Crippen molar-refractivity contribution in [2.24, 2.45) is 5.41 Å². The van der Waals surface area contributed by atoms with E-state index in [0.717, 1.165) is 49.0 Å². The third-order valence-electron chi connectivity index (χ3n) is 5.50. The van der Waals surface area contributed by atoms with Gasteiger partial charge in [-0.3, -0.25) is 9.59 Å². The van der Waals surface area contributed by atoms with Crippen molar-refractivity contribution in [1.82, 2.24) is 0 Å². The zero-order chi connectivity index (χ0) is 17.4.